The summed E-state index contributed by atoms with van der Waals surface area (Å²) in [5.74, 6) is 0. The molecular formula is C12H10N2O2. The predicted molar refractivity (Wildman–Crippen MR) is 62.9 cm³/mol. The normalized spacial score (nSPS) is 10.0. The van der Waals surface area contributed by atoms with Gasteiger partial charge in [0.15, 0.2) is 0 Å². The SMILES string of the molecule is Nc1ccc(-c2ccccc2)c([N+](=O)[O-])c1. The smallest absolute Gasteiger partial charge is 0.279 e. The number of anilines is 1. The van der Waals surface area contributed by atoms with Gasteiger partial charge in [0, 0.05) is 11.8 Å². The molecule has 2 rings (SSSR count). The molecule has 0 bridgehead atoms. The zero-order chi connectivity index (χ0) is 11.5. The molecule has 0 aliphatic heterocycles. The van der Waals surface area contributed by atoms with E-state index < -0.39 is 4.92 Å². The summed E-state index contributed by atoms with van der Waals surface area (Å²) in [4.78, 5) is 10.5. The average molecular weight is 214 g/mol. The Kier molecular flexibility index (Phi) is 2.55. The number of nitrogens with two attached hydrogens (primary N) is 1. The van der Waals surface area contributed by atoms with Crippen LogP contribution in [0.4, 0.5) is 11.4 Å². The van der Waals surface area contributed by atoms with Gasteiger partial charge in [-0.3, -0.25) is 10.1 Å². The van der Waals surface area contributed by atoms with Gasteiger partial charge in [-0.25, -0.2) is 0 Å². The van der Waals surface area contributed by atoms with Crippen molar-refractivity contribution in [2.75, 3.05) is 5.73 Å². The monoisotopic (exact) mass is 214 g/mol. The first-order chi connectivity index (χ1) is 7.68. The fourth-order valence-electron chi connectivity index (χ4n) is 1.56. The highest BCUT2D eigenvalue weighted by molar-refractivity contribution is 5.75. The van der Waals surface area contributed by atoms with E-state index in [1.807, 2.05) is 30.3 Å². The van der Waals surface area contributed by atoms with Gasteiger partial charge in [-0.05, 0) is 17.7 Å². The van der Waals surface area contributed by atoms with Crippen LogP contribution < -0.4 is 5.73 Å². The summed E-state index contributed by atoms with van der Waals surface area (Å²) in [5, 5.41) is 10.9. The van der Waals surface area contributed by atoms with Crippen LogP contribution in [0.5, 0.6) is 0 Å². The van der Waals surface area contributed by atoms with Crippen molar-refractivity contribution in [3.8, 4) is 11.1 Å². The lowest BCUT2D eigenvalue weighted by Gasteiger charge is -2.03. The van der Waals surface area contributed by atoms with Crippen LogP contribution >= 0.6 is 0 Å². The van der Waals surface area contributed by atoms with Crippen LogP contribution in [0.2, 0.25) is 0 Å². The maximum absolute atomic E-state index is 10.9. The van der Waals surface area contributed by atoms with Gasteiger partial charge in [0.25, 0.3) is 5.69 Å². The van der Waals surface area contributed by atoms with Gasteiger partial charge >= 0.3 is 0 Å². The van der Waals surface area contributed by atoms with E-state index in [1.54, 1.807) is 12.1 Å². The van der Waals surface area contributed by atoms with Gasteiger partial charge in [-0.15, -0.1) is 0 Å². The van der Waals surface area contributed by atoms with Crippen LogP contribution in [0.25, 0.3) is 11.1 Å². The third-order valence-corrected chi connectivity index (χ3v) is 2.30. The molecule has 80 valence electrons. The molecule has 0 aliphatic rings. The minimum atomic E-state index is -0.418. The van der Waals surface area contributed by atoms with Crippen molar-refractivity contribution in [3.63, 3.8) is 0 Å². The Balaban J connectivity index is 2.61. The molecule has 0 heterocycles. The zero-order valence-corrected chi connectivity index (χ0v) is 8.46. The Morgan fingerprint density at radius 2 is 1.75 bits per heavy atom. The number of nitrogens with zero attached hydrogens (tertiary/aromatic N) is 1. The molecule has 0 radical (unpaired) electrons. The number of hydrogen-bond acceptors (Lipinski definition) is 3. The fraction of sp³-hybridized carbons (Fsp3) is 0. The molecular weight excluding hydrogens is 204 g/mol. The molecule has 0 atom stereocenters. The number of rotatable bonds is 2. The third-order valence-electron chi connectivity index (χ3n) is 2.30. The van der Waals surface area contributed by atoms with Crippen molar-refractivity contribution in [2.45, 2.75) is 0 Å². The molecule has 0 aliphatic carbocycles. The number of nitrogen functional groups attached to an aromatic ring is 1. The van der Waals surface area contributed by atoms with Crippen LogP contribution in [-0.2, 0) is 0 Å². The summed E-state index contributed by atoms with van der Waals surface area (Å²) in [6.07, 6.45) is 0. The van der Waals surface area contributed by atoms with Gasteiger partial charge < -0.3 is 5.73 Å². The number of nitro groups is 1. The first kappa shape index (κ1) is 10.2. The second kappa shape index (κ2) is 4.02. The minimum Gasteiger partial charge on any atom is -0.399 e. The van der Waals surface area contributed by atoms with Crippen molar-refractivity contribution < 1.29 is 4.92 Å². The molecule has 2 aromatic carbocycles. The lowest BCUT2D eigenvalue weighted by Crippen LogP contribution is -1.94. The van der Waals surface area contributed by atoms with E-state index in [0.717, 1.165) is 5.56 Å². The van der Waals surface area contributed by atoms with Crippen LogP contribution in [0, 0.1) is 10.1 Å². The van der Waals surface area contributed by atoms with Crippen molar-refractivity contribution in [2.24, 2.45) is 0 Å². The maximum Gasteiger partial charge on any atom is 0.279 e. The van der Waals surface area contributed by atoms with E-state index in [4.69, 9.17) is 5.73 Å². The topological polar surface area (TPSA) is 69.2 Å². The van der Waals surface area contributed by atoms with Crippen LogP contribution in [0.3, 0.4) is 0 Å². The van der Waals surface area contributed by atoms with E-state index in [9.17, 15) is 10.1 Å². The van der Waals surface area contributed by atoms with Gasteiger partial charge in [-0.1, -0.05) is 30.3 Å². The largest absolute Gasteiger partial charge is 0.399 e. The summed E-state index contributed by atoms with van der Waals surface area (Å²) in [6.45, 7) is 0. The van der Waals surface area contributed by atoms with Crippen molar-refractivity contribution in [3.05, 3.63) is 58.6 Å². The summed E-state index contributed by atoms with van der Waals surface area (Å²) in [5.41, 5.74) is 7.36. The Labute approximate surface area is 92.5 Å². The summed E-state index contributed by atoms with van der Waals surface area (Å²) in [7, 11) is 0. The molecule has 0 aromatic heterocycles. The van der Waals surface area contributed by atoms with E-state index in [-0.39, 0.29) is 5.69 Å². The molecule has 16 heavy (non-hydrogen) atoms. The molecule has 2 aromatic rings. The zero-order valence-electron chi connectivity index (χ0n) is 8.46. The molecule has 0 amide bonds. The third kappa shape index (κ3) is 1.86. The van der Waals surface area contributed by atoms with Crippen molar-refractivity contribution >= 4 is 11.4 Å². The van der Waals surface area contributed by atoms with Gasteiger partial charge in [0.2, 0.25) is 0 Å². The number of hydrogen-bond donors (Lipinski definition) is 1. The summed E-state index contributed by atoms with van der Waals surface area (Å²) in [6, 6.07) is 13.9. The Morgan fingerprint density at radius 1 is 1.06 bits per heavy atom. The fourth-order valence-corrected chi connectivity index (χ4v) is 1.56. The van der Waals surface area contributed by atoms with E-state index in [0.29, 0.717) is 11.3 Å². The maximum atomic E-state index is 10.9. The van der Waals surface area contributed by atoms with Crippen molar-refractivity contribution in [1.82, 2.24) is 0 Å². The predicted octanol–water partition coefficient (Wildman–Crippen LogP) is 2.84. The summed E-state index contributed by atoms with van der Waals surface area (Å²) >= 11 is 0. The highest BCUT2D eigenvalue weighted by Gasteiger charge is 2.14. The second-order valence-corrected chi connectivity index (χ2v) is 3.40. The molecule has 4 heteroatoms. The lowest BCUT2D eigenvalue weighted by molar-refractivity contribution is -0.384. The molecule has 4 nitrogen and oxygen atoms in total. The number of benzene rings is 2. The number of nitro benzene ring substituents is 1. The quantitative estimate of drug-likeness (QED) is 0.474. The Morgan fingerprint density at radius 3 is 2.38 bits per heavy atom. The first-order valence-electron chi connectivity index (χ1n) is 4.78. The van der Waals surface area contributed by atoms with E-state index >= 15 is 0 Å². The summed E-state index contributed by atoms with van der Waals surface area (Å²) < 4.78 is 0. The van der Waals surface area contributed by atoms with Crippen LogP contribution in [-0.4, -0.2) is 4.92 Å². The Hall–Kier alpha value is -2.36. The van der Waals surface area contributed by atoms with Gasteiger partial charge in [0.1, 0.15) is 0 Å². The highest BCUT2D eigenvalue weighted by Crippen LogP contribution is 2.31. The van der Waals surface area contributed by atoms with E-state index in [2.05, 4.69) is 0 Å². The molecule has 2 N–H and O–H groups in total. The van der Waals surface area contributed by atoms with Gasteiger partial charge in [0.05, 0.1) is 10.5 Å². The molecule has 0 saturated carbocycles. The molecule has 0 saturated heterocycles. The second-order valence-electron chi connectivity index (χ2n) is 3.40. The van der Waals surface area contributed by atoms with Crippen LogP contribution in [0.15, 0.2) is 48.5 Å². The van der Waals surface area contributed by atoms with Crippen molar-refractivity contribution in [1.29, 1.82) is 0 Å². The lowest BCUT2D eigenvalue weighted by atomic mass is 10.0. The molecule has 0 unspecified atom stereocenters. The Bertz CT molecular complexity index is 524. The van der Waals surface area contributed by atoms with E-state index in [1.165, 1.54) is 6.07 Å². The molecule has 0 fully saturated rings. The highest BCUT2D eigenvalue weighted by atomic mass is 16.6. The standard InChI is InChI=1S/C12H10N2O2/c13-10-6-7-11(12(8-10)14(15)16)9-4-2-1-3-5-9/h1-8H,13H2. The average Bonchev–Trinajstić information content (AvgIpc) is 2.30. The van der Waals surface area contributed by atoms with Crippen LogP contribution in [0.1, 0.15) is 0 Å². The molecule has 0 spiro atoms. The van der Waals surface area contributed by atoms with Gasteiger partial charge in [-0.2, -0.15) is 0 Å². The minimum absolute atomic E-state index is 0.0335. The first-order valence-corrected chi connectivity index (χ1v) is 4.78.